The van der Waals surface area contributed by atoms with E-state index in [2.05, 4.69) is 4.90 Å². The third-order valence-electron chi connectivity index (χ3n) is 3.05. The number of Topliss-reactive ketones (excluding diaryl/α,β-unsaturated/α-hetero) is 1. The van der Waals surface area contributed by atoms with Crippen molar-refractivity contribution in [3.05, 3.63) is 34.3 Å². The highest BCUT2D eigenvalue weighted by molar-refractivity contribution is 6.30. The molecule has 4 heteroatoms. The van der Waals surface area contributed by atoms with E-state index in [0.29, 0.717) is 0 Å². The van der Waals surface area contributed by atoms with Gasteiger partial charge in [-0.2, -0.15) is 0 Å². The standard InChI is InChI=1S/C13H16ClNO.ClH/c1-15(2)8-10-4-3-9-7-11(14)5-6-12(9)13(10)16;/h5-7,10H,3-4,8H2,1-2H3;1H. The van der Waals surface area contributed by atoms with E-state index in [9.17, 15) is 4.79 Å². The van der Waals surface area contributed by atoms with Crippen molar-refractivity contribution >= 4 is 29.8 Å². The van der Waals surface area contributed by atoms with E-state index < -0.39 is 0 Å². The average molecular weight is 274 g/mol. The topological polar surface area (TPSA) is 20.3 Å². The summed E-state index contributed by atoms with van der Waals surface area (Å²) in [6.07, 6.45) is 1.89. The smallest absolute Gasteiger partial charge is 0.167 e. The van der Waals surface area contributed by atoms with Crippen LogP contribution >= 0.6 is 24.0 Å². The molecule has 2 rings (SSSR count). The Morgan fingerprint density at radius 2 is 2.12 bits per heavy atom. The fraction of sp³-hybridized carbons (Fsp3) is 0.462. The van der Waals surface area contributed by atoms with E-state index in [0.717, 1.165) is 35.5 Å². The number of carbonyl (C=O) groups excluding carboxylic acids is 1. The number of fused-ring (bicyclic) bond motifs is 1. The second-order valence-corrected chi connectivity index (χ2v) is 5.10. The molecule has 0 aromatic heterocycles. The van der Waals surface area contributed by atoms with Gasteiger partial charge in [0.1, 0.15) is 0 Å². The molecule has 0 spiro atoms. The number of nitrogens with zero attached hydrogens (tertiary/aromatic N) is 1. The number of aryl methyl sites for hydroxylation is 1. The second kappa shape index (κ2) is 5.85. The van der Waals surface area contributed by atoms with Gasteiger partial charge in [-0.25, -0.2) is 0 Å². The number of hydrogen-bond donors (Lipinski definition) is 0. The quantitative estimate of drug-likeness (QED) is 0.826. The second-order valence-electron chi connectivity index (χ2n) is 4.66. The molecule has 1 atom stereocenters. The molecule has 2 nitrogen and oxygen atoms in total. The first-order valence-corrected chi connectivity index (χ1v) is 5.93. The molecule has 0 saturated heterocycles. The van der Waals surface area contributed by atoms with Crippen LogP contribution < -0.4 is 0 Å². The number of benzene rings is 1. The summed E-state index contributed by atoms with van der Waals surface area (Å²) in [5.74, 6) is 0.412. The third-order valence-corrected chi connectivity index (χ3v) is 3.29. The zero-order chi connectivity index (χ0) is 11.7. The Labute approximate surface area is 113 Å². The minimum atomic E-state index is 0. The number of ketones is 1. The lowest BCUT2D eigenvalue weighted by atomic mass is 9.82. The SMILES string of the molecule is CN(C)CC1CCc2cc(Cl)ccc2C1=O.Cl. The van der Waals surface area contributed by atoms with Crippen molar-refractivity contribution in [1.82, 2.24) is 4.90 Å². The van der Waals surface area contributed by atoms with Crippen molar-refractivity contribution in [2.45, 2.75) is 12.8 Å². The first-order valence-electron chi connectivity index (χ1n) is 5.55. The maximum atomic E-state index is 12.2. The van der Waals surface area contributed by atoms with E-state index in [4.69, 9.17) is 11.6 Å². The summed E-state index contributed by atoms with van der Waals surface area (Å²) in [5.41, 5.74) is 1.97. The molecule has 17 heavy (non-hydrogen) atoms. The average Bonchev–Trinajstić information content (AvgIpc) is 2.22. The zero-order valence-electron chi connectivity index (χ0n) is 10.1. The molecule has 0 radical (unpaired) electrons. The summed E-state index contributed by atoms with van der Waals surface area (Å²) in [6, 6.07) is 5.58. The van der Waals surface area contributed by atoms with Crippen molar-refractivity contribution < 1.29 is 4.79 Å². The molecule has 0 amide bonds. The zero-order valence-corrected chi connectivity index (χ0v) is 11.6. The number of carbonyl (C=O) groups is 1. The van der Waals surface area contributed by atoms with Crippen LogP contribution in [-0.2, 0) is 6.42 Å². The molecule has 0 saturated carbocycles. The highest BCUT2D eigenvalue weighted by Crippen LogP contribution is 2.28. The third kappa shape index (κ3) is 3.21. The lowest BCUT2D eigenvalue weighted by molar-refractivity contribution is 0.0877. The molecule has 1 unspecified atom stereocenters. The van der Waals surface area contributed by atoms with Gasteiger partial charge in [0.25, 0.3) is 0 Å². The Morgan fingerprint density at radius 3 is 2.76 bits per heavy atom. The van der Waals surface area contributed by atoms with Crippen LogP contribution in [0.4, 0.5) is 0 Å². The molecule has 1 aliphatic rings. The molecular weight excluding hydrogens is 257 g/mol. The summed E-state index contributed by atoms with van der Waals surface area (Å²) in [5, 5.41) is 0.720. The predicted molar refractivity (Wildman–Crippen MR) is 73.4 cm³/mol. The van der Waals surface area contributed by atoms with Crippen molar-refractivity contribution in [3.8, 4) is 0 Å². The highest BCUT2D eigenvalue weighted by Gasteiger charge is 2.27. The maximum absolute atomic E-state index is 12.2. The van der Waals surface area contributed by atoms with Crippen LogP contribution in [0.3, 0.4) is 0 Å². The van der Waals surface area contributed by atoms with Crippen LogP contribution in [0.1, 0.15) is 22.3 Å². The summed E-state index contributed by atoms with van der Waals surface area (Å²) in [7, 11) is 4.01. The van der Waals surface area contributed by atoms with Crippen molar-refractivity contribution in [2.75, 3.05) is 20.6 Å². The van der Waals surface area contributed by atoms with Gasteiger partial charge >= 0.3 is 0 Å². The Hall–Kier alpha value is -0.570. The van der Waals surface area contributed by atoms with Crippen LogP contribution in [-0.4, -0.2) is 31.3 Å². The molecule has 0 N–H and O–H groups in total. The molecule has 0 aliphatic heterocycles. The van der Waals surface area contributed by atoms with Gasteiger partial charge in [0.15, 0.2) is 5.78 Å². The Balaban J connectivity index is 0.00000144. The summed E-state index contributed by atoms with van der Waals surface area (Å²) >= 11 is 5.93. The molecular formula is C13H17Cl2NO. The van der Waals surface area contributed by atoms with E-state index in [1.807, 2.05) is 26.2 Å². The van der Waals surface area contributed by atoms with Crippen molar-refractivity contribution in [3.63, 3.8) is 0 Å². The monoisotopic (exact) mass is 273 g/mol. The van der Waals surface area contributed by atoms with Crippen LogP contribution in [0.15, 0.2) is 18.2 Å². The lowest BCUT2D eigenvalue weighted by Gasteiger charge is -2.25. The van der Waals surface area contributed by atoms with Gasteiger partial charge in [0.05, 0.1) is 0 Å². The largest absolute Gasteiger partial charge is 0.309 e. The van der Waals surface area contributed by atoms with Gasteiger partial charge in [-0.05, 0) is 50.7 Å². The number of rotatable bonds is 2. The van der Waals surface area contributed by atoms with E-state index in [1.165, 1.54) is 0 Å². The Kier molecular flexibility index (Phi) is 4.99. The highest BCUT2D eigenvalue weighted by atomic mass is 35.5. The van der Waals surface area contributed by atoms with Gasteiger partial charge in [0.2, 0.25) is 0 Å². The van der Waals surface area contributed by atoms with E-state index >= 15 is 0 Å². The summed E-state index contributed by atoms with van der Waals surface area (Å²) < 4.78 is 0. The van der Waals surface area contributed by atoms with Crippen molar-refractivity contribution in [2.24, 2.45) is 5.92 Å². The fourth-order valence-electron chi connectivity index (χ4n) is 2.31. The molecule has 1 aliphatic carbocycles. The number of halogens is 2. The normalized spacial score (nSPS) is 18.8. The molecule has 0 heterocycles. The summed E-state index contributed by atoms with van der Waals surface area (Å²) in [4.78, 5) is 14.3. The van der Waals surface area contributed by atoms with Crippen LogP contribution in [0.25, 0.3) is 0 Å². The van der Waals surface area contributed by atoms with Crippen LogP contribution in [0, 0.1) is 5.92 Å². The lowest BCUT2D eigenvalue weighted by Crippen LogP contribution is -2.31. The van der Waals surface area contributed by atoms with Crippen molar-refractivity contribution in [1.29, 1.82) is 0 Å². The molecule has 0 bridgehead atoms. The maximum Gasteiger partial charge on any atom is 0.167 e. The van der Waals surface area contributed by atoms with Gasteiger partial charge < -0.3 is 4.90 Å². The molecule has 0 fully saturated rings. The minimum absolute atomic E-state index is 0. The first kappa shape index (κ1) is 14.5. The van der Waals surface area contributed by atoms with Gasteiger partial charge in [-0.15, -0.1) is 12.4 Å². The molecule has 1 aromatic rings. The van der Waals surface area contributed by atoms with Gasteiger partial charge in [-0.1, -0.05) is 11.6 Å². The van der Waals surface area contributed by atoms with E-state index in [1.54, 1.807) is 6.07 Å². The predicted octanol–water partition coefficient (Wildman–Crippen LogP) is 3.07. The Bertz CT molecular complexity index is 418. The van der Waals surface area contributed by atoms with Crippen LogP contribution in [0.5, 0.6) is 0 Å². The minimum Gasteiger partial charge on any atom is -0.309 e. The Morgan fingerprint density at radius 1 is 1.41 bits per heavy atom. The van der Waals surface area contributed by atoms with Crippen LogP contribution in [0.2, 0.25) is 5.02 Å². The summed E-state index contributed by atoms with van der Waals surface area (Å²) in [6.45, 7) is 0.834. The first-order chi connectivity index (χ1) is 7.58. The number of hydrogen-bond acceptors (Lipinski definition) is 2. The van der Waals surface area contributed by atoms with Gasteiger partial charge in [-0.3, -0.25) is 4.79 Å². The van der Waals surface area contributed by atoms with E-state index in [-0.39, 0.29) is 24.1 Å². The molecule has 1 aromatic carbocycles. The molecule has 94 valence electrons. The van der Waals surface area contributed by atoms with Gasteiger partial charge in [0, 0.05) is 23.0 Å². The fourth-order valence-corrected chi connectivity index (χ4v) is 2.50.